The maximum Gasteiger partial charge on any atom is 0.692 e. The van der Waals surface area contributed by atoms with Gasteiger partial charge < -0.3 is 9.79 Å². The molecular formula is C7H12NO7P2+. The number of nitrogens with one attached hydrogen (secondary N) is 1. The lowest BCUT2D eigenvalue weighted by Gasteiger charge is -2.05. The molecule has 8 nitrogen and oxygen atoms in total. The number of hydrogen-bond donors (Lipinski definition) is 5. The van der Waals surface area contributed by atoms with E-state index in [2.05, 4.69) is 10.1 Å². The first kappa shape index (κ1) is 16.3. The Balaban J connectivity index is 0.000000557. The predicted octanol–water partition coefficient (Wildman–Crippen LogP) is 0.429. The van der Waals surface area contributed by atoms with Gasteiger partial charge in [-0.2, -0.15) is 10.1 Å². The summed E-state index contributed by atoms with van der Waals surface area (Å²) in [5, 5.41) is 0. The number of benzene rings is 1. The molecule has 0 unspecified atom stereocenters. The van der Waals surface area contributed by atoms with Gasteiger partial charge in [0.05, 0.1) is 0 Å². The van der Waals surface area contributed by atoms with Gasteiger partial charge in [-0.25, -0.2) is 4.57 Å². The first-order chi connectivity index (χ1) is 7.81. The second kappa shape index (κ2) is 8.41. The van der Waals surface area contributed by atoms with Crippen LogP contribution in [0.3, 0.4) is 0 Å². The molecule has 0 heterocycles. The molecule has 1 aromatic rings. The summed E-state index contributed by atoms with van der Waals surface area (Å²) in [6.45, 7) is 0.256. The van der Waals surface area contributed by atoms with Gasteiger partial charge in [-0.15, -0.1) is 9.79 Å². The van der Waals surface area contributed by atoms with E-state index in [0.717, 1.165) is 5.56 Å². The summed E-state index contributed by atoms with van der Waals surface area (Å²) in [7, 11) is -7.28. The molecule has 0 aliphatic rings. The SMILES string of the molecule is O=P(O)(O)ONCc1ccccc1.O=[P+](O)O. The van der Waals surface area contributed by atoms with Crippen molar-refractivity contribution in [3.8, 4) is 0 Å². The maximum absolute atomic E-state index is 10.2. The van der Waals surface area contributed by atoms with Gasteiger partial charge in [-0.3, -0.25) is 0 Å². The summed E-state index contributed by atoms with van der Waals surface area (Å²) >= 11 is 0. The minimum absolute atomic E-state index is 0.256. The molecule has 1 aromatic carbocycles. The molecule has 96 valence electrons. The molecule has 0 atom stereocenters. The average Bonchev–Trinajstić information content (AvgIpc) is 2.16. The van der Waals surface area contributed by atoms with Crippen LogP contribution in [0.15, 0.2) is 30.3 Å². The lowest BCUT2D eigenvalue weighted by atomic mass is 10.2. The zero-order valence-corrected chi connectivity index (χ0v) is 10.3. The Morgan fingerprint density at radius 2 is 1.71 bits per heavy atom. The third kappa shape index (κ3) is 13.2. The largest absolute Gasteiger partial charge is 0.692 e. The highest BCUT2D eigenvalue weighted by Crippen LogP contribution is 2.33. The Bertz CT molecular complexity index is 375. The van der Waals surface area contributed by atoms with Crippen LogP contribution in [-0.2, 0) is 20.3 Å². The first-order valence-corrected chi connectivity index (χ1v) is 6.87. The fraction of sp³-hybridized carbons (Fsp3) is 0.143. The number of phosphoric acid groups is 1. The lowest BCUT2D eigenvalue weighted by Crippen LogP contribution is -2.11. The standard InChI is InChI=1S/C7H10NO4P.HO3P/c9-13(10,11)12-8-6-7-4-2-1-3-5-7;1-4(2)3/h1-5,8H,6H2,(H2,9,10,11);(H-,1,2,3)/p+1. The van der Waals surface area contributed by atoms with Crippen LogP contribution in [0.2, 0.25) is 0 Å². The Morgan fingerprint density at radius 1 is 1.24 bits per heavy atom. The van der Waals surface area contributed by atoms with Crippen LogP contribution in [0, 0.1) is 0 Å². The molecule has 17 heavy (non-hydrogen) atoms. The second-order valence-electron chi connectivity index (χ2n) is 2.64. The quantitative estimate of drug-likeness (QED) is 0.396. The molecule has 5 N–H and O–H groups in total. The van der Waals surface area contributed by atoms with Crippen molar-refractivity contribution < 1.29 is 33.3 Å². The van der Waals surface area contributed by atoms with Crippen LogP contribution in [0.1, 0.15) is 5.56 Å². The van der Waals surface area contributed by atoms with Gasteiger partial charge in [0, 0.05) is 11.1 Å². The highest BCUT2D eigenvalue weighted by molar-refractivity contribution is 7.46. The molecule has 0 bridgehead atoms. The van der Waals surface area contributed by atoms with Gasteiger partial charge in [0.2, 0.25) is 0 Å². The molecule has 1 rings (SSSR count). The highest BCUT2D eigenvalue weighted by atomic mass is 31.2. The fourth-order valence-corrected chi connectivity index (χ4v) is 1.03. The van der Waals surface area contributed by atoms with Crippen molar-refractivity contribution >= 4 is 16.1 Å². The summed E-state index contributed by atoms with van der Waals surface area (Å²) in [4.78, 5) is 30.9. The molecule has 0 amide bonds. The summed E-state index contributed by atoms with van der Waals surface area (Å²) in [5.41, 5.74) is 3.06. The minimum Gasteiger partial charge on any atom is -0.302 e. The number of hydrogen-bond acceptors (Lipinski definition) is 4. The van der Waals surface area contributed by atoms with Gasteiger partial charge in [0.15, 0.2) is 0 Å². The molecule has 0 radical (unpaired) electrons. The molecule has 0 saturated heterocycles. The Labute approximate surface area is 98.0 Å². The van der Waals surface area contributed by atoms with E-state index >= 15 is 0 Å². The van der Waals surface area contributed by atoms with Crippen molar-refractivity contribution in [2.45, 2.75) is 6.54 Å². The van der Waals surface area contributed by atoms with Gasteiger partial charge >= 0.3 is 16.1 Å². The van der Waals surface area contributed by atoms with Crippen LogP contribution in [0.4, 0.5) is 0 Å². The molecule has 10 heteroatoms. The Morgan fingerprint density at radius 3 is 2.12 bits per heavy atom. The van der Waals surface area contributed by atoms with Gasteiger partial charge in [0.25, 0.3) is 0 Å². The topological polar surface area (TPSA) is 136 Å². The molecule has 0 spiro atoms. The average molecular weight is 284 g/mol. The second-order valence-corrected chi connectivity index (χ2v) is 4.31. The van der Waals surface area contributed by atoms with E-state index in [1.54, 1.807) is 0 Å². The van der Waals surface area contributed by atoms with E-state index in [1.807, 2.05) is 30.3 Å². The van der Waals surface area contributed by atoms with E-state index in [4.69, 9.17) is 24.1 Å². The van der Waals surface area contributed by atoms with E-state index in [1.165, 1.54) is 0 Å². The third-order valence-corrected chi connectivity index (χ3v) is 1.67. The van der Waals surface area contributed by atoms with Gasteiger partial charge in [-0.1, -0.05) is 30.3 Å². The molecular weight excluding hydrogens is 272 g/mol. The first-order valence-electron chi connectivity index (χ1n) is 4.17. The predicted molar refractivity (Wildman–Crippen MR) is 58.5 cm³/mol. The van der Waals surface area contributed by atoms with Crippen molar-refractivity contribution in [1.82, 2.24) is 5.48 Å². The fourth-order valence-electron chi connectivity index (χ4n) is 0.796. The van der Waals surface area contributed by atoms with Crippen LogP contribution in [-0.4, -0.2) is 19.6 Å². The molecule has 0 saturated carbocycles. The Hall–Kier alpha value is -0.690. The normalized spacial score (nSPS) is 10.4. The maximum atomic E-state index is 10.2. The van der Waals surface area contributed by atoms with Gasteiger partial charge in [0.1, 0.15) is 0 Å². The van der Waals surface area contributed by atoms with Crippen LogP contribution in [0.5, 0.6) is 0 Å². The molecule has 0 aliphatic carbocycles. The zero-order chi connectivity index (χ0) is 13.3. The zero-order valence-electron chi connectivity index (χ0n) is 8.50. The van der Waals surface area contributed by atoms with Crippen molar-refractivity contribution in [2.75, 3.05) is 0 Å². The van der Waals surface area contributed by atoms with Crippen LogP contribution >= 0.6 is 16.1 Å². The van der Waals surface area contributed by atoms with Crippen molar-refractivity contribution in [1.29, 1.82) is 0 Å². The van der Waals surface area contributed by atoms with Crippen LogP contribution in [0.25, 0.3) is 0 Å². The molecule has 0 aromatic heterocycles. The summed E-state index contributed by atoms with van der Waals surface area (Å²) in [6.07, 6.45) is 0. The monoisotopic (exact) mass is 284 g/mol. The molecule has 0 fully saturated rings. The van der Waals surface area contributed by atoms with Crippen molar-refractivity contribution in [3.05, 3.63) is 35.9 Å². The van der Waals surface area contributed by atoms with Gasteiger partial charge in [-0.05, 0) is 5.56 Å². The van der Waals surface area contributed by atoms with Crippen LogP contribution < -0.4 is 5.48 Å². The number of rotatable bonds is 4. The smallest absolute Gasteiger partial charge is 0.302 e. The van der Waals surface area contributed by atoms with E-state index in [9.17, 15) is 4.57 Å². The van der Waals surface area contributed by atoms with E-state index < -0.39 is 16.1 Å². The van der Waals surface area contributed by atoms with E-state index in [0.29, 0.717) is 0 Å². The van der Waals surface area contributed by atoms with Crippen molar-refractivity contribution in [2.24, 2.45) is 0 Å². The summed E-state index contributed by atoms with van der Waals surface area (Å²) in [5.74, 6) is 0. The molecule has 0 aliphatic heterocycles. The minimum atomic E-state index is -4.41. The highest BCUT2D eigenvalue weighted by Gasteiger charge is 2.12. The number of hydroxylamine groups is 1. The van der Waals surface area contributed by atoms with Crippen molar-refractivity contribution in [3.63, 3.8) is 0 Å². The summed E-state index contributed by atoms with van der Waals surface area (Å²) < 4.78 is 23.0. The van der Waals surface area contributed by atoms with E-state index in [-0.39, 0.29) is 6.54 Å². The summed E-state index contributed by atoms with van der Waals surface area (Å²) in [6, 6.07) is 9.14. The Kier molecular flexibility index (Phi) is 8.07. The third-order valence-electron chi connectivity index (χ3n) is 1.30. The lowest BCUT2D eigenvalue weighted by molar-refractivity contribution is 0.121.